The summed E-state index contributed by atoms with van der Waals surface area (Å²) < 4.78 is 17.4. The van der Waals surface area contributed by atoms with Crippen molar-refractivity contribution < 1.29 is 24.1 Å². The lowest BCUT2D eigenvalue weighted by molar-refractivity contribution is -0.154. The summed E-state index contributed by atoms with van der Waals surface area (Å²) in [6.07, 6.45) is 3.77. The number of carbonyl (C=O) groups is 1. The third-order valence-corrected chi connectivity index (χ3v) is 5.86. The fourth-order valence-electron chi connectivity index (χ4n) is 4.08. The quantitative estimate of drug-likeness (QED) is 0.379. The monoisotopic (exact) mass is 446 g/mol. The van der Waals surface area contributed by atoms with E-state index in [-0.39, 0.29) is 6.10 Å². The molecule has 0 amide bonds. The molecule has 4 rings (SSSR count). The first-order valence-electron chi connectivity index (χ1n) is 11.6. The summed E-state index contributed by atoms with van der Waals surface area (Å²) in [5.74, 6) is 0.622. The van der Waals surface area contributed by atoms with E-state index < -0.39 is 12.1 Å². The van der Waals surface area contributed by atoms with Gasteiger partial charge in [-0.25, -0.2) is 4.79 Å². The molecule has 33 heavy (non-hydrogen) atoms. The molecule has 1 aliphatic rings. The van der Waals surface area contributed by atoms with Crippen LogP contribution in [0.5, 0.6) is 11.5 Å². The minimum Gasteiger partial charge on any atom is -0.490 e. The van der Waals surface area contributed by atoms with Crippen LogP contribution in [0.3, 0.4) is 0 Å². The Labute approximate surface area is 194 Å². The molecule has 1 unspecified atom stereocenters. The zero-order chi connectivity index (χ0) is 22.9. The first-order valence-corrected chi connectivity index (χ1v) is 11.6. The number of carboxylic acid groups (broad SMARTS) is 1. The van der Waals surface area contributed by atoms with E-state index in [9.17, 15) is 9.90 Å². The van der Waals surface area contributed by atoms with Gasteiger partial charge in [0, 0.05) is 6.42 Å². The van der Waals surface area contributed by atoms with Crippen molar-refractivity contribution in [2.45, 2.75) is 44.3 Å². The van der Waals surface area contributed by atoms with E-state index in [1.165, 1.54) is 5.56 Å². The topological polar surface area (TPSA) is 65.0 Å². The zero-order valence-electron chi connectivity index (χ0n) is 18.7. The number of hydrogen-bond donors (Lipinski definition) is 1. The largest absolute Gasteiger partial charge is 0.490 e. The number of hydrogen-bond acceptors (Lipinski definition) is 4. The van der Waals surface area contributed by atoms with Gasteiger partial charge in [0.15, 0.2) is 6.10 Å². The highest BCUT2D eigenvalue weighted by atomic mass is 16.5. The van der Waals surface area contributed by atoms with E-state index in [4.69, 9.17) is 14.2 Å². The molecule has 0 saturated heterocycles. The number of benzene rings is 3. The maximum absolute atomic E-state index is 11.6. The Kier molecular flexibility index (Phi) is 7.99. The highest BCUT2D eigenvalue weighted by Crippen LogP contribution is 2.24. The third kappa shape index (κ3) is 6.83. The fraction of sp³-hybridized carbons (Fsp3) is 0.321. The highest BCUT2D eigenvalue weighted by Gasteiger charge is 2.25. The predicted molar refractivity (Wildman–Crippen MR) is 128 cm³/mol. The van der Waals surface area contributed by atoms with Gasteiger partial charge in [-0.05, 0) is 53.8 Å². The Bertz CT molecular complexity index is 993. The Morgan fingerprint density at radius 2 is 1.33 bits per heavy atom. The molecule has 0 spiro atoms. The van der Waals surface area contributed by atoms with Crippen LogP contribution in [-0.2, 0) is 16.0 Å². The van der Waals surface area contributed by atoms with Gasteiger partial charge in [0.05, 0.1) is 6.10 Å². The van der Waals surface area contributed by atoms with E-state index in [1.807, 2.05) is 66.7 Å². The number of rotatable bonds is 11. The summed E-state index contributed by atoms with van der Waals surface area (Å²) in [6.45, 7) is 0.852. The van der Waals surface area contributed by atoms with E-state index in [0.717, 1.165) is 48.3 Å². The second kappa shape index (κ2) is 11.5. The van der Waals surface area contributed by atoms with Crippen molar-refractivity contribution in [3.63, 3.8) is 0 Å². The molecule has 5 heteroatoms. The molecular weight excluding hydrogens is 416 g/mol. The molecule has 3 aromatic rings. The number of ether oxygens (including phenoxy) is 3. The standard InChI is InChI=1S/C28H30O5/c29-28(30)27(33-26-8-4-5-9-26)20-21-10-14-24(15-11-21)31-18-19-32-25-16-12-23(13-17-25)22-6-2-1-3-7-22/h1-3,6-7,10-17,26-27H,4-5,8-9,18-20H2,(H,29,30). The molecule has 0 heterocycles. The van der Waals surface area contributed by atoms with Crippen LogP contribution in [0.25, 0.3) is 11.1 Å². The minimum atomic E-state index is -0.906. The zero-order valence-corrected chi connectivity index (χ0v) is 18.7. The summed E-state index contributed by atoms with van der Waals surface area (Å²) in [5.41, 5.74) is 3.25. The lowest BCUT2D eigenvalue weighted by Crippen LogP contribution is -2.30. The fourth-order valence-corrected chi connectivity index (χ4v) is 4.08. The van der Waals surface area contributed by atoms with E-state index >= 15 is 0 Å². The molecule has 5 nitrogen and oxygen atoms in total. The van der Waals surface area contributed by atoms with Gasteiger partial charge in [0.1, 0.15) is 24.7 Å². The molecule has 0 bridgehead atoms. The smallest absolute Gasteiger partial charge is 0.333 e. The average molecular weight is 447 g/mol. The van der Waals surface area contributed by atoms with E-state index in [1.54, 1.807) is 0 Å². The Balaban J connectivity index is 1.20. The first kappa shape index (κ1) is 22.9. The Hall–Kier alpha value is -3.31. The van der Waals surface area contributed by atoms with Crippen molar-refractivity contribution in [3.05, 3.63) is 84.4 Å². The second-order valence-corrected chi connectivity index (χ2v) is 8.30. The van der Waals surface area contributed by atoms with Crippen molar-refractivity contribution in [3.8, 4) is 22.6 Å². The van der Waals surface area contributed by atoms with Crippen molar-refractivity contribution in [2.24, 2.45) is 0 Å². The van der Waals surface area contributed by atoms with Crippen LogP contribution in [0.2, 0.25) is 0 Å². The number of carboxylic acids is 1. The van der Waals surface area contributed by atoms with Crippen LogP contribution in [0, 0.1) is 0 Å². The van der Waals surface area contributed by atoms with Crippen molar-refractivity contribution >= 4 is 5.97 Å². The molecule has 1 atom stereocenters. The van der Waals surface area contributed by atoms with Crippen molar-refractivity contribution in [1.29, 1.82) is 0 Å². The van der Waals surface area contributed by atoms with Crippen LogP contribution in [0.4, 0.5) is 0 Å². The predicted octanol–water partition coefficient (Wildman–Crippen LogP) is 5.77. The molecule has 0 radical (unpaired) electrons. The minimum absolute atomic E-state index is 0.0725. The van der Waals surface area contributed by atoms with Gasteiger partial charge >= 0.3 is 5.97 Å². The van der Waals surface area contributed by atoms with Crippen molar-refractivity contribution in [2.75, 3.05) is 13.2 Å². The second-order valence-electron chi connectivity index (χ2n) is 8.30. The molecule has 1 N–H and O–H groups in total. The van der Waals surface area contributed by atoms with Crippen molar-refractivity contribution in [1.82, 2.24) is 0 Å². The van der Waals surface area contributed by atoms with Crippen LogP contribution in [0.15, 0.2) is 78.9 Å². The summed E-state index contributed by atoms with van der Waals surface area (Å²) in [4.78, 5) is 11.6. The average Bonchev–Trinajstić information content (AvgIpc) is 3.36. The van der Waals surface area contributed by atoms with Gasteiger partial charge in [-0.3, -0.25) is 0 Å². The molecule has 1 saturated carbocycles. The van der Waals surface area contributed by atoms with Gasteiger partial charge in [-0.15, -0.1) is 0 Å². The summed E-state index contributed by atoms with van der Waals surface area (Å²) >= 11 is 0. The van der Waals surface area contributed by atoms with E-state index in [2.05, 4.69) is 12.1 Å². The van der Waals surface area contributed by atoms with E-state index in [0.29, 0.717) is 19.6 Å². The lowest BCUT2D eigenvalue weighted by atomic mass is 10.1. The summed E-state index contributed by atoms with van der Waals surface area (Å²) in [7, 11) is 0. The summed E-state index contributed by atoms with van der Waals surface area (Å²) in [6, 6.07) is 25.8. The highest BCUT2D eigenvalue weighted by molar-refractivity contribution is 5.72. The molecule has 0 aliphatic heterocycles. The molecule has 0 aromatic heterocycles. The van der Waals surface area contributed by atoms with Gasteiger partial charge in [-0.2, -0.15) is 0 Å². The normalized spacial score (nSPS) is 14.7. The van der Waals surface area contributed by atoms with Gasteiger partial charge < -0.3 is 19.3 Å². The SMILES string of the molecule is O=C(O)C(Cc1ccc(OCCOc2ccc(-c3ccccc3)cc2)cc1)OC1CCCC1. The molecule has 1 aliphatic carbocycles. The number of aliphatic carboxylic acids is 1. The molecule has 3 aromatic carbocycles. The van der Waals surface area contributed by atoms with Crippen LogP contribution < -0.4 is 9.47 Å². The first-order chi connectivity index (χ1) is 16.2. The Morgan fingerprint density at radius 3 is 1.91 bits per heavy atom. The molecular formula is C28H30O5. The van der Waals surface area contributed by atoms with Crippen LogP contribution in [-0.4, -0.2) is 36.5 Å². The maximum atomic E-state index is 11.6. The maximum Gasteiger partial charge on any atom is 0.333 e. The van der Waals surface area contributed by atoms with Crippen LogP contribution >= 0.6 is 0 Å². The summed E-state index contributed by atoms with van der Waals surface area (Å²) in [5, 5.41) is 9.50. The lowest BCUT2D eigenvalue weighted by Gasteiger charge is -2.18. The van der Waals surface area contributed by atoms with Gasteiger partial charge in [0.25, 0.3) is 0 Å². The Morgan fingerprint density at radius 1 is 0.788 bits per heavy atom. The third-order valence-electron chi connectivity index (χ3n) is 5.86. The van der Waals surface area contributed by atoms with Gasteiger partial charge in [-0.1, -0.05) is 67.4 Å². The molecule has 172 valence electrons. The van der Waals surface area contributed by atoms with Gasteiger partial charge in [0.2, 0.25) is 0 Å². The molecule has 1 fully saturated rings. The van der Waals surface area contributed by atoms with Crippen LogP contribution in [0.1, 0.15) is 31.2 Å².